The van der Waals surface area contributed by atoms with E-state index in [4.69, 9.17) is 9.47 Å². The standard InChI is InChI=1S/C14H20N2O4/c1-9(2)20-8-14(18)16-12-7-11(15-10(3)17)5-6-13(12)19-4/h5-7,9H,8H2,1-4H3,(H,15,17)(H,16,18). The van der Waals surface area contributed by atoms with Gasteiger partial charge in [0.05, 0.1) is 18.9 Å². The highest BCUT2D eigenvalue weighted by Crippen LogP contribution is 2.27. The smallest absolute Gasteiger partial charge is 0.250 e. The fourth-order valence-electron chi connectivity index (χ4n) is 1.52. The highest BCUT2D eigenvalue weighted by atomic mass is 16.5. The van der Waals surface area contributed by atoms with E-state index < -0.39 is 0 Å². The summed E-state index contributed by atoms with van der Waals surface area (Å²) in [6, 6.07) is 5.00. The van der Waals surface area contributed by atoms with Crippen molar-refractivity contribution in [3.63, 3.8) is 0 Å². The molecule has 0 aliphatic carbocycles. The quantitative estimate of drug-likeness (QED) is 0.835. The zero-order valence-electron chi connectivity index (χ0n) is 12.1. The second-order valence-electron chi connectivity index (χ2n) is 4.50. The third-order valence-corrected chi connectivity index (χ3v) is 2.34. The lowest BCUT2D eigenvalue weighted by Gasteiger charge is -2.13. The molecule has 0 aliphatic heterocycles. The van der Waals surface area contributed by atoms with Crippen molar-refractivity contribution in [3.8, 4) is 5.75 Å². The van der Waals surface area contributed by atoms with Gasteiger partial charge in [0.2, 0.25) is 11.8 Å². The minimum Gasteiger partial charge on any atom is -0.495 e. The van der Waals surface area contributed by atoms with Gasteiger partial charge in [-0.25, -0.2) is 0 Å². The van der Waals surface area contributed by atoms with Gasteiger partial charge >= 0.3 is 0 Å². The lowest BCUT2D eigenvalue weighted by atomic mass is 10.2. The number of methoxy groups -OCH3 is 1. The van der Waals surface area contributed by atoms with Crippen LogP contribution in [0, 0.1) is 0 Å². The number of nitrogens with one attached hydrogen (secondary N) is 2. The Labute approximate surface area is 118 Å². The van der Waals surface area contributed by atoms with Crippen LogP contribution in [0.3, 0.4) is 0 Å². The van der Waals surface area contributed by atoms with Gasteiger partial charge in [-0.2, -0.15) is 0 Å². The fourth-order valence-corrected chi connectivity index (χ4v) is 1.52. The maximum atomic E-state index is 11.7. The predicted molar refractivity (Wildman–Crippen MR) is 77.0 cm³/mol. The predicted octanol–water partition coefficient (Wildman–Crippen LogP) is 2.02. The van der Waals surface area contributed by atoms with E-state index in [-0.39, 0.29) is 24.5 Å². The van der Waals surface area contributed by atoms with Crippen LogP contribution in [0.15, 0.2) is 18.2 Å². The molecule has 0 atom stereocenters. The van der Waals surface area contributed by atoms with Crippen LogP contribution in [-0.4, -0.2) is 31.6 Å². The molecule has 0 aromatic heterocycles. The van der Waals surface area contributed by atoms with Crippen molar-refractivity contribution < 1.29 is 19.1 Å². The molecule has 0 radical (unpaired) electrons. The zero-order chi connectivity index (χ0) is 15.1. The molecule has 20 heavy (non-hydrogen) atoms. The number of hydrogen-bond acceptors (Lipinski definition) is 4. The van der Waals surface area contributed by atoms with Crippen LogP contribution < -0.4 is 15.4 Å². The van der Waals surface area contributed by atoms with Crippen LogP contribution in [0.25, 0.3) is 0 Å². The molecule has 0 aliphatic rings. The molecule has 0 unspecified atom stereocenters. The molecule has 6 heteroatoms. The van der Waals surface area contributed by atoms with Crippen LogP contribution >= 0.6 is 0 Å². The van der Waals surface area contributed by atoms with Gasteiger partial charge in [-0.3, -0.25) is 9.59 Å². The molecule has 1 aromatic carbocycles. The van der Waals surface area contributed by atoms with Gasteiger partial charge in [0.25, 0.3) is 0 Å². The number of carbonyl (C=O) groups is 2. The third-order valence-electron chi connectivity index (χ3n) is 2.34. The first-order valence-electron chi connectivity index (χ1n) is 6.29. The van der Waals surface area contributed by atoms with E-state index in [2.05, 4.69) is 10.6 Å². The van der Waals surface area contributed by atoms with E-state index in [1.165, 1.54) is 14.0 Å². The van der Waals surface area contributed by atoms with Gasteiger partial charge in [-0.1, -0.05) is 0 Å². The Hall–Kier alpha value is -2.08. The molecule has 0 bridgehead atoms. The lowest BCUT2D eigenvalue weighted by Crippen LogP contribution is -2.21. The molecule has 0 saturated carbocycles. The lowest BCUT2D eigenvalue weighted by molar-refractivity contribution is -0.122. The first kappa shape index (κ1) is 16.0. The van der Waals surface area contributed by atoms with Gasteiger partial charge in [0.1, 0.15) is 12.4 Å². The van der Waals surface area contributed by atoms with E-state index in [1.807, 2.05) is 13.8 Å². The second kappa shape index (κ2) is 7.49. The molecule has 6 nitrogen and oxygen atoms in total. The van der Waals surface area contributed by atoms with E-state index in [1.54, 1.807) is 18.2 Å². The van der Waals surface area contributed by atoms with Crippen molar-refractivity contribution in [1.29, 1.82) is 0 Å². The van der Waals surface area contributed by atoms with Crippen molar-refractivity contribution in [3.05, 3.63) is 18.2 Å². The number of rotatable bonds is 6. The second-order valence-corrected chi connectivity index (χ2v) is 4.50. The van der Waals surface area contributed by atoms with Gasteiger partial charge in [-0.15, -0.1) is 0 Å². The van der Waals surface area contributed by atoms with Gasteiger partial charge in [-0.05, 0) is 32.0 Å². The Morgan fingerprint density at radius 1 is 1.25 bits per heavy atom. The monoisotopic (exact) mass is 280 g/mol. The summed E-state index contributed by atoms with van der Waals surface area (Å²) in [5.74, 6) is 0.0459. The van der Waals surface area contributed by atoms with Crippen molar-refractivity contribution in [2.75, 3.05) is 24.4 Å². The fraction of sp³-hybridized carbons (Fsp3) is 0.429. The number of carbonyl (C=O) groups excluding carboxylic acids is 2. The molecule has 1 aromatic rings. The first-order chi connectivity index (χ1) is 9.42. The molecule has 0 fully saturated rings. The maximum absolute atomic E-state index is 11.7. The summed E-state index contributed by atoms with van der Waals surface area (Å²) < 4.78 is 10.4. The number of amides is 2. The van der Waals surface area contributed by atoms with E-state index in [0.29, 0.717) is 17.1 Å². The van der Waals surface area contributed by atoms with Crippen LogP contribution in [0.4, 0.5) is 11.4 Å². The topological polar surface area (TPSA) is 76.7 Å². The summed E-state index contributed by atoms with van der Waals surface area (Å²) in [6.45, 7) is 5.08. The van der Waals surface area contributed by atoms with E-state index in [9.17, 15) is 9.59 Å². The summed E-state index contributed by atoms with van der Waals surface area (Å²) in [5, 5.41) is 5.33. The Kier molecular flexibility index (Phi) is 5.99. The van der Waals surface area contributed by atoms with Crippen molar-refractivity contribution in [2.45, 2.75) is 26.9 Å². The SMILES string of the molecule is COc1ccc(NC(C)=O)cc1NC(=O)COC(C)C. The average Bonchev–Trinajstić information content (AvgIpc) is 2.36. The molecule has 2 N–H and O–H groups in total. The minimum atomic E-state index is -0.281. The molecule has 1 rings (SSSR count). The molecular formula is C14H20N2O4. The molecule has 0 saturated heterocycles. The number of hydrogen-bond donors (Lipinski definition) is 2. The van der Waals surface area contributed by atoms with Gasteiger partial charge in [0.15, 0.2) is 0 Å². The summed E-state index contributed by atoms with van der Waals surface area (Å²) in [5.41, 5.74) is 1.06. The molecule has 0 spiro atoms. The van der Waals surface area contributed by atoms with Crippen LogP contribution in [-0.2, 0) is 14.3 Å². The number of benzene rings is 1. The number of anilines is 2. The number of ether oxygens (including phenoxy) is 2. The highest BCUT2D eigenvalue weighted by Gasteiger charge is 2.10. The highest BCUT2D eigenvalue weighted by molar-refractivity contribution is 5.95. The Morgan fingerprint density at radius 3 is 2.50 bits per heavy atom. The zero-order valence-corrected chi connectivity index (χ0v) is 12.1. The van der Waals surface area contributed by atoms with Crippen LogP contribution in [0.1, 0.15) is 20.8 Å². The normalized spacial score (nSPS) is 10.2. The van der Waals surface area contributed by atoms with E-state index >= 15 is 0 Å². The summed E-state index contributed by atoms with van der Waals surface area (Å²) in [6.07, 6.45) is -0.0200. The van der Waals surface area contributed by atoms with Gasteiger partial charge in [0, 0.05) is 12.6 Å². The molecule has 110 valence electrons. The van der Waals surface area contributed by atoms with E-state index in [0.717, 1.165) is 0 Å². The summed E-state index contributed by atoms with van der Waals surface area (Å²) >= 11 is 0. The van der Waals surface area contributed by atoms with Gasteiger partial charge < -0.3 is 20.1 Å². The summed E-state index contributed by atoms with van der Waals surface area (Å²) in [4.78, 5) is 22.8. The Balaban J connectivity index is 2.80. The third kappa shape index (κ3) is 5.27. The Morgan fingerprint density at radius 2 is 1.95 bits per heavy atom. The minimum absolute atomic E-state index is 0.0200. The van der Waals surface area contributed by atoms with Crippen molar-refractivity contribution in [1.82, 2.24) is 0 Å². The van der Waals surface area contributed by atoms with Crippen LogP contribution in [0.5, 0.6) is 5.75 Å². The van der Waals surface area contributed by atoms with Crippen molar-refractivity contribution in [2.24, 2.45) is 0 Å². The Bertz CT molecular complexity index is 486. The first-order valence-corrected chi connectivity index (χ1v) is 6.29. The van der Waals surface area contributed by atoms with Crippen LogP contribution in [0.2, 0.25) is 0 Å². The largest absolute Gasteiger partial charge is 0.495 e. The maximum Gasteiger partial charge on any atom is 0.250 e. The molecule has 2 amide bonds. The van der Waals surface area contributed by atoms with Crippen molar-refractivity contribution >= 4 is 23.2 Å². The average molecular weight is 280 g/mol. The molecular weight excluding hydrogens is 260 g/mol. The summed E-state index contributed by atoms with van der Waals surface area (Å²) in [7, 11) is 1.51. The molecule has 0 heterocycles.